The van der Waals surface area contributed by atoms with Crippen LogP contribution in [0.25, 0.3) is 0 Å². The van der Waals surface area contributed by atoms with Crippen LogP contribution in [0.4, 0.5) is 13.2 Å². The highest BCUT2D eigenvalue weighted by Crippen LogP contribution is 2.28. The van der Waals surface area contributed by atoms with Gasteiger partial charge in [-0.1, -0.05) is 11.6 Å². The third kappa shape index (κ3) is 3.52. The number of carbonyl (C=O) groups is 1. The SMILES string of the molecule is CCOC(=O)c1cc(Cl)c(F)c(OC(F)F)c1. The van der Waals surface area contributed by atoms with Crippen molar-refractivity contribution in [1.29, 1.82) is 0 Å². The monoisotopic (exact) mass is 268 g/mol. The molecule has 0 aliphatic carbocycles. The van der Waals surface area contributed by atoms with Gasteiger partial charge in [0.05, 0.1) is 17.2 Å². The quantitative estimate of drug-likeness (QED) is 0.786. The van der Waals surface area contributed by atoms with Crippen molar-refractivity contribution in [1.82, 2.24) is 0 Å². The van der Waals surface area contributed by atoms with Crippen LogP contribution >= 0.6 is 11.6 Å². The standard InChI is InChI=1S/C10H8ClF3O3/c1-2-16-9(15)5-3-6(11)8(12)7(4-5)17-10(13)14/h3-4,10H,2H2,1H3. The van der Waals surface area contributed by atoms with Crippen molar-refractivity contribution in [3.05, 3.63) is 28.5 Å². The number of rotatable bonds is 4. The number of halogens is 4. The smallest absolute Gasteiger partial charge is 0.387 e. The Bertz CT molecular complexity index is 424. The Labute approximate surface area is 100 Å². The molecule has 0 unspecified atom stereocenters. The summed E-state index contributed by atoms with van der Waals surface area (Å²) in [5.41, 5.74) is -0.158. The van der Waals surface area contributed by atoms with Crippen LogP contribution in [0.3, 0.4) is 0 Å². The van der Waals surface area contributed by atoms with E-state index in [1.807, 2.05) is 0 Å². The minimum atomic E-state index is -3.21. The topological polar surface area (TPSA) is 35.5 Å². The van der Waals surface area contributed by atoms with Gasteiger partial charge >= 0.3 is 12.6 Å². The summed E-state index contributed by atoms with van der Waals surface area (Å²) < 4.78 is 45.7. The predicted octanol–water partition coefficient (Wildman–Crippen LogP) is 3.26. The zero-order valence-electron chi connectivity index (χ0n) is 8.68. The Morgan fingerprint density at radius 2 is 2.12 bits per heavy atom. The van der Waals surface area contributed by atoms with Crippen LogP contribution in [0.1, 0.15) is 17.3 Å². The summed E-state index contributed by atoms with van der Waals surface area (Å²) in [5.74, 6) is -2.75. The minimum absolute atomic E-state index is 0.0961. The second-order valence-electron chi connectivity index (χ2n) is 2.87. The molecule has 0 aromatic heterocycles. The van der Waals surface area contributed by atoms with Crippen LogP contribution in [0, 0.1) is 5.82 Å². The summed E-state index contributed by atoms with van der Waals surface area (Å²) in [6, 6.07) is 1.79. The van der Waals surface area contributed by atoms with Gasteiger partial charge in [-0.3, -0.25) is 0 Å². The first kappa shape index (κ1) is 13.6. The molecule has 7 heteroatoms. The van der Waals surface area contributed by atoms with Crippen molar-refractivity contribution in [2.75, 3.05) is 6.61 Å². The van der Waals surface area contributed by atoms with E-state index in [-0.39, 0.29) is 12.2 Å². The maximum atomic E-state index is 13.2. The van der Waals surface area contributed by atoms with Gasteiger partial charge in [0.2, 0.25) is 0 Å². The fraction of sp³-hybridized carbons (Fsp3) is 0.300. The summed E-state index contributed by atoms with van der Waals surface area (Å²) in [4.78, 5) is 11.3. The molecule has 94 valence electrons. The molecule has 1 rings (SSSR count). The van der Waals surface area contributed by atoms with Crippen LogP contribution in [0.2, 0.25) is 5.02 Å². The van der Waals surface area contributed by atoms with Crippen LogP contribution in [0.15, 0.2) is 12.1 Å². The molecule has 0 aliphatic rings. The third-order valence-corrected chi connectivity index (χ3v) is 2.00. The van der Waals surface area contributed by atoms with Gasteiger partial charge < -0.3 is 9.47 Å². The molecular weight excluding hydrogens is 261 g/mol. The lowest BCUT2D eigenvalue weighted by Crippen LogP contribution is -2.08. The van der Waals surface area contributed by atoms with Crippen LogP contribution < -0.4 is 4.74 Å². The highest BCUT2D eigenvalue weighted by atomic mass is 35.5. The van der Waals surface area contributed by atoms with Crippen LogP contribution in [0.5, 0.6) is 5.75 Å². The van der Waals surface area contributed by atoms with Gasteiger partial charge in [0.25, 0.3) is 0 Å². The average molecular weight is 269 g/mol. The zero-order chi connectivity index (χ0) is 13.0. The molecule has 0 fully saturated rings. The normalized spacial score (nSPS) is 10.5. The molecule has 0 heterocycles. The summed E-state index contributed by atoms with van der Waals surface area (Å²) in [6.07, 6.45) is 0. The third-order valence-electron chi connectivity index (χ3n) is 1.72. The van der Waals surface area contributed by atoms with E-state index in [0.717, 1.165) is 12.1 Å². The first-order valence-electron chi connectivity index (χ1n) is 4.56. The molecule has 17 heavy (non-hydrogen) atoms. The van der Waals surface area contributed by atoms with Gasteiger partial charge in [0, 0.05) is 0 Å². The van der Waals surface area contributed by atoms with E-state index in [2.05, 4.69) is 9.47 Å². The molecule has 0 saturated carbocycles. The molecule has 3 nitrogen and oxygen atoms in total. The largest absolute Gasteiger partial charge is 0.462 e. The molecule has 0 bridgehead atoms. The van der Waals surface area contributed by atoms with Crippen LogP contribution in [-0.2, 0) is 4.74 Å². The number of carbonyl (C=O) groups excluding carboxylic acids is 1. The fourth-order valence-electron chi connectivity index (χ4n) is 1.08. The van der Waals surface area contributed by atoms with Gasteiger partial charge in [0.1, 0.15) is 0 Å². The van der Waals surface area contributed by atoms with E-state index in [1.165, 1.54) is 0 Å². The minimum Gasteiger partial charge on any atom is -0.462 e. The van der Waals surface area contributed by atoms with E-state index >= 15 is 0 Å². The van der Waals surface area contributed by atoms with Crippen molar-refractivity contribution in [3.8, 4) is 5.75 Å². The first-order valence-corrected chi connectivity index (χ1v) is 4.94. The van der Waals surface area contributed by atoms with Gasteiger partial charge in [-0.2, -0.15) is 8.78 Å². The molecule has 1 aromatic rings. The van der Waals surface area contributed by atoms with Gasteiger partial charge in [0.15, 0.2) is 11.6 Å². The molecule has 0 saturated heterocycles. The number of esters is 1. The number of alkyl halides is 2. The Morgan fingerprint density at radius 1 is 1.47 bits per heavy atom. The lowest BCUT2D eigenvalue weighted by molar-refractivity contribution is -0.0522. The lowest BCUT2D eigenvalue weighted by atomic mass is 10.2. The fourth-order valence-corrected chi connectivity index (χ4v) is 1.29. The summed E-state index contributed by atoms with van der Waals surface area (Å²) in [6.45, 7) is -1.55. The zero-order valence-corrected chi connectivity index (χ0v) is 9.43. The van der Waals surface area contributed by atoms with Gasteiger partial charge in [-0.15, -0.1) is 0 Å². The van der Waals surface area contributed by atoms with Crippen molar-refractivity contribution < 1.29 is 27.4 Å². The summed E-state index contributed by atoms with van der Waals surface area (Å²) in [5, 5.41) is -0.494. The summed E-state index contributed by atoms with van der Waals surface area (Å²) >= 11 is 5.44. The van der Waals surface area contributed by atoms with E-state index in [0.29, 0.717) is 0 Å². The summed E-state index contributed by atoms with van der Waals surface area (Å²) in [7, 11) is 0. The number of benzene rings is 1. The number of hydrogen-bond acceptors (Lipinski definition) is 3. The van der Waals surface area contributed by atoms with Gasteiger partial charge in [-0.25, -0.2) is 9.18 Å². The van der Waals surface area contributed by atoms with E-state index < -0.39 is 29.2 Å². The Kier molecular flexibility index (Phi) is 4.62. The second kappa shape index (κ2) is 5.77. The number of ether oxygens (including phenoxy) is 2. The molecule has 0 aliphatic heterocycles. The van der Waals surface area contributed by atoms with Crippen molar-refractivity contribution in [2.24, 2.45) is 0 Å². The van der Waals surface area contributed by atoms with Gasteiger partial charge in [-0.05, 0) is 19.1 Å². The molecule has 0 radical (unpaired) electrons. The van der Waals surface area contributed by atoms with E-state index in [1.54, 1.807) is 6.92 Å². The van der Waals surface area contributed by atoms with Crippen molar-refractivity contribution >= 4 is 17.6 Å². The Hall–Kier alpha value is -1.43. The number of hydrogen-bond donors (Lipinski definition) is 0. The highest BCUT2D eigenvalue weighted by Gasteiger charge is 2.18. The maximum Gasteiger partial charge on any atom is 0.387 e. The van der Waals surface area contributed by atoms with Crippen LogP contribution in [-0.4, -0.2) is 19.2 Å². The molecule has 0 N–H and O–H groups in total. The molecule has 0 atom stereocenters. The Morgan fingerprint density at radius 3 is 2.65 bits per heavy atom. The highest BCUT2D eigenvalue weighted by molar-refractivity contribution is 6.31. The van der Waals surface area contributed by atoms with E-state index in [9.17, 15) is 18.0 Å². The molecule has 0 spiro atoms. The van der Waals surface area contributed by atoms with Crippen molar-refractivity contribution in [2.45, 2.75) is 13.5 Å². The maximum absolute atomic E-state index is 13.2. The lowest BCUT2D eigenvalue weighted by Gasteiger charge is -2.09. The van der Waals surface area contributed by atoms with E-state index in [4.69, 9.17) is 11.6 Å². The molecular formula is C10H8ClF3O3. The predicted molar refractivity (Wildman–Crippen MR) is 54.0 cm³/mol. The average Bonchev–Trinajstić information content (AvgIpc) is 2.24. The van der Waals surface area contributed by atoms with Crippen molar-refractivity contribution in [3.63, 3.8) is 0 Å². The molecule has 0 amide bonds. The molecule has 1 aromatic carbocycles. The Balaban J connectivity index is 3.09. The first-order chi connectivity index (χ1) is 7.95. The second-order valence-corrected chi connectivity index (χ2v) is 3.28.